The zero-order chi connectivity index (χ0) is 26.6. The Morgan fingerprint density at radius 3 is 2.42 bits per heavy atom. The zero-order valence-corrected chi connectivity index (χ0v) is 22.0. The second-order valence-corrected chi connectivity index (χ2v) is 9.62. The first kappa shape index (κ1) is 25.3. The summed E-state index contributed by atoms with van der Waals surface area (Å²) in [6, 6.07) is 21.0. The number of aliphatic imine (C=N–C) groups is 1. The number of benzene rings is 3. The molecule has 1 N–H and O–H groups in total. The topological polar surface area (TPSA) is 96.6 Å². The summed E-state index contributed by atoms with van der Waals surface area (Å²) in [4.78, 5) is 17.0. The highest BCUT2D eigenvalue weighted by Crippen LogP contribution is 2.33. The third-order valence-electron chi connectivity index (χ3n) is 5.90. The standard InChI is InChI=1S/C29H26N4O4S/c1-18-9-11-23(19(2)15-18)36-13-14-37-24-12-10-20(17-25(24)35-3)16-22-26(30)33-29(31-27(22)34)38-28(32-33)21-7-5-4-6-8-21/h4-12,15-17,30H,13-14H2,1-3H3/b22-16-,30-26?. The molecular weight excluding hydrogens is 500 g/mol. The maximum absolute atomic E-state index is 12.8. The molecule has 0 bridgehead atoms. The van der Waals surface area contributed by atoms with Gasteiger partial charge in [-0.3, -0.25) is 10.2 Å². The van der Waals surface area contributed by atoms with E-state index in [4.69, 9.17) is 19.6 Å². The van der Waals surface area contributed by atoms with E-state index in [0.29, 0.717) is 40.5 Å². The number of methoxy groups -OCH3 is 1. The van der Waals surface area contributed by atoms with Crippen molar-refractivity contribution < 1.29 is 19.0 Å². The van der Waals surface area contributed by atoms with E-state index < -0.39 is 5.91 Å². The first-order valence-electron chi connectivity index (χ1n) is 12.0. The summed E-state index contributed by atoms with van der Waals surface area (Å²) < 4.78 is 17.2. The molecule has 0 spiro atoms. The number of thioether (sulfide) groups is 1. The third kappa shape index (κ3) is 5.33. The monoisotopic (exact) mass is 526 g/mol. The minimum absolute atomic E-state index is 0.0266. The number of nitrogens with one attached hydrogen (secondary N) is 1. The Labute approximate surface area is 225 Å². The van der Waals surface area contributed by atoms with E-state index in [-0.39, 0.29) is 11.4 Å². The molecule has 0 saturated carbocycles. The van der Waals surface area contributed by atoms with Gasteiger partial charge in [-0.15, -0.1) is 0 Å². The number of carbonyl (C=O) groups is 1. The molecule has 3 aromatic rings. The van der Waals surface area contributed by atoms with E-state index >= 15 is 0 Å². The van der Waals surface area contributed by atoms with Crippen LogP contribution in [0.3, 0.4) is 0 Å². The summed E-state index contributed by atoms with van der Waals surface area (Å²) in [6.45, 7) is 4.77. The SMILES string of the molecule is COc1cc(/C=C2/C(=N)N3N=C(c4ccccc4)SC3=NC2=O)ccc1OCCOc1ccc(C)cc1C. The van der Waals surface area contributed by atoms with E-state index in [1.165, 1.54) is 22.3 Å². The molecule has 3 aromatic carbocycles. The molecule has 5 rings (SSSR count). The number of hydrazone groups is 1. The molecule has 2 aliphatic heterocycles. The molecule has 2 heterocycles. The lowest BCUT2D eigenvalue weighted by molar-refractivity contribution is -0.114. The van der Waals surface area contributed by atoms with Gasteiger partial charge in [-0.25, -0.2) is 0 Å². The van der Waals surface area contributed by atoms with Crippen LogP contribution in [0.4, 0.5) is 0 Å². The van der Waals surface area contributed by atoms with Crippen LogP contribution in [-0.2, 0) is 4.79 Å². The number of nitrogens with zero attached hydrogens (tertiary/aromatic N) is 3. The van der Waals surface area contributed by atoms with Gasteiger partial charge in [-0.1, -0.05) is 54.1 Å². The fraction of sp³-hybridized carbons (Fsp3) is 0.172. The van der Waals surface area contributed by atoms with Crippen LogP contribution in [0.1, 0.15) is 22.3 Å². The molecule has 0 saturated heterocycles. The highest BCUT2D eigenvalue weighted by atomic mass is 32.2. The van der Waals surface area contributed by atoms with Gasteiger partial charge < -0.3 is 14.2 Å². The Balaban J connectivity index is 1.28. The lowest BCUT2D eigenvalue weighted by Crippen LogP contribution is -2.35. The molecule has 9 heteroatoms. The van der Waals surface area contributed by atoms with Crippen LogP contribution in [0.15, 0.2) is 82.4 Å². The van der Waals surface area contributed by atoms with E-state index in [1.807, 2.05) is 56.3 Å². The van der Waals surface area contributed by atoms with Crippen molar-refractivity contribution in [2.45, 2.75) is 13.8 Å². The second-order valence-electron chi connectivity index (χ2n) is 8.67. The summed E-state index contributed by atoms with van der Waals surface area (Å²) in [6.07, 6.45) is 1.61. The Morgan fingerprint density at radius 2 is 1.68 bits per heavy atom. The van der Waals surface area contributed by atoms with E-state index in [1.54, 1.807) is 31.4 Å². The smallest absolute Gasteiger partial charge is 0.283 e. The Bertz CT molecular complexity index is 1500. The van der Waals surface area contributed by atoms with Crippen LogP contribution in [0.2, 0.25) is 0 Å². The fourth-order valence-electron chi connectivity index (χ4n) is 4.01. The molecule has 38 heavy (non-hydrogen) atoms. The van der Waals surface area contributed by atoms with Crippen LogP contribution < -0.4 is 14.2 Å². The summed E-state index contributed by atoms with van der Waals surface area (Å²) in [5, 5.41) is 15.6. The van der Waals surface area contributed by atoms with Crippen molar-refractivity contribution in [3.63, 3.8) is 0 Å². The van der Waals surface area contributed by atoms with Crippen molar-refractivity contribution in [1.29, 1.82) is 5.41 Å². The first-order chi connectivity index (χ1) is 18.4. The number of aryl methyl sites for hydroxylation is 2. The minimum Gasteiger partial charge on any atom is -0.493 e. The van der Waals surface area contributed by atoms with Crippen LogP contribution >= 0.6 is 11.8 Å². The van der Waals surface area contributed by atoms with Gasteiger partial charge in [0, 0.05) is 5.56 Å². The van der Waals surface area contributed by atoms with Crippen molar-refractivity contribution >= 4 is 39.8 Å². The molecule has 2 aliphatic rings. The van der Waals surface area contributed by atoms with Crippen LogP contribution in [-0.4, -0.2) is 47.3 Å². The Hall–Kier alpha value is -4.37. The molecule has 0 atom stereocenters. The van der Waals surface area contributed by atoms with Gasteiger partial charge in [-0.2, -0.15) is 15.1 Å². The van der Waals surface area contributed by atoms with Gasteiger partial charge in [0.15, 0.2) is 17.3 Å². The minimum atomic E-state index is -0.485. The van der Waals surface area contributed by atoms with Gasteiger partial charge in [0.1, 0.15) is 24.0 Å². The summed E-state index contributed by atoms with van der Waals surface area (Å²) in [5.41, 5.74) is 3.98. The fourth-order valence-corrected chi connectivity index (χ4v) is 4.91. The maximum atomic E-state index is 12.8. The molecule has 0 aromatic heterocycles. The number of carbonyl (C=O) groups excluding carboxylic acids is 1. The molecule has 8 nitrogen and oxygen atoms in total. The zero-order valence-electron chi connectivity index (χ0n) is 21.2. The normalized spacial score (nSPS) is 15.8. The molecule has 0 unspecified atom stereocenters. The summed E-state index contributed by atoms with van der Waals surface area (Å²) >= 11 is 1.27. The largest absolute Gasteiger partial charge is 0.493 e. The van der Waals surface area contributed by atoms with Gasteiger partial charge in [0.05, 0.1) is 12.7 Å². The lowest BCUT2D eigenvalue weighted by atomic mass is 10.1. The first-order valence-corrected chi connectivity index (χ1v) is 12.8. The number of hydrogen-bond acceptors (Lipinski definition) is 7. The maximum Gasteiger partial charge on any atom is 0.283 e. The predicted molar refractivity (Wildman–Crippen MR) is 150 cm³/mol. The quantitative estimate of drug-likeness (QED) is 0.310. The number of ether oxygens (including phenoxy) is 3. The number of fused-ring (bicyclic) bond motifs is 1. The van der Waals surface area contributed by atoms with Crippen molar-refractivity contribution in [2.75, 3.05) is 20.3 Å². The van der Waals surface area contributed by atoms with Gasteiger partial charge in [-0.05, 0) is 61.0 Å². The van der Waals surface area contributed by atoms with Crippen LogP contribution in [0.5, 0.6) is 17.2 Å². The third-order valence-corrected chi connectivity index (χ3v) is 6.86. The molecular formula is C29H26N4O4S. The molecule has 0 radical (unpaired) electrons. The van der Waals surface area contributed by atoms with Crippen LogP contribution in [0.25, 0.3) is 6.08 Å². The predicted octanol–water partition coefficient (Wildman–Crippen LogP) is 5.44. The van der Waals surface area contributed by atoms with Gasteiger partial charge in [0.2, 0.25) is 5.17 Å². The Kier molecular flexibility index (Phi) is 7.28. The number of rotatable bonds is 8. The number of amidine groups is 2. The average molecular weight is 527 g/mol. The van der Waals surface area contributed by atoms with Crippen LogP contribution in [0, 0.1) is 19.3 Å². The van der Waals surface area contributed by atoms with Crippen molar-refractivity contribution in [1.82, 2.24) is 5.01 Å². The molecule has 0 fully saturated rings. The highest BCUT2D eigenvalue weighted by Gasteiger charge is 2.36. The second kappa shape index (κ2) is 10.9. The average Bonchev–Trinajstić information content (AvgIpc) is 3.35. The van der Waals surface area contributed by atoms with Crippen molar-refractivity contribution in [3.05, 3.63) is 94.6 Å². The van der Waals surface area contributed by atoms with Gasteiger partial charge in [0.25, 0.3) is 5.91 Å². The van der Waals surface area contributed by atoms with E-state index in [2.05, 4.69) is 16.2 Å². The van der Waals surface area contributed by atoms with E-state index in [9.17, 15) is 4.79 Å². The molecule has 192 valence electrons. The van der Waals surface area contributed by atoms with Gasteiger partial charge >= 0.3 is 0 Å². The molecule has 0 aliphatic carbocycles. The highest BCUT2D eigenvalue weighted by molar-refractivity contribution is 8.27. The number of amides is 1. The number of hydrogen-bond donors (Lipinski definition) is 1. The Morgan fingerprint density at radius 1 is 0.947 bits per heavy atom. The van der Waals surface area contributed by atoms with Crippen molar-refractivity contribution in [3.8, 4) is 17.2 Å². The van der Waals surface area contributed by atoms with Crippen molar-refractivity contribution in [2.24, 2.45) is 10.1 Å². The lowest BCUT2D eigenvalue weighted by Gasteiger charge is -2.20. The summed E-state index contributed by atoms with van der Waals surface area (Å²) in [5.74, 6) is 1.38. The van der Waals surface area contributed by atoms with E-state index in [0.717, 1.165) is 16.9 Å². The summed E-state index contributed by atoms with van der Waals surface area (Å²) in [7, 11) is 1.55. The molecule has 1 amide bonds.